The molecule has 1 aromatic carbocycles. The fourth-order valence-electron chi connectivity index (χ4n) is 4.34. The van der Waals surface area contributed by atoms with Crippen LogP contribution in [0.1, 0.15) is 24.8 Å². The van der Waals surface area contributed by atoms with Gasteiger partial charge in [0, 0.05) is 26.1 Å². The molecule has 1 spiro atoms. The van der Waals surface area contributed by atoms with Crippen molar-refractivity contribution in [1.29, 1.82) is 0 Å². The van der Waals surface area contributed by atoms with Crippen LogP contribution < -0.4 is 4.74 Å². The summed E-state index contributed by atoms with van der Waals surface area (Å²) in [7, 11) is 3.02. The molecule has 162 valence electrons. The topological polar surface area (TPSA) is 68.3 Å². The number of methoxy groups -OCH3 is 2. The molecule has 30 heavy (non-hydrogen) atoms. The number of nitrogens with zero attached hydrogens (tertiary/aromatic N) is 2. The van der Waals surface area contributed by atoms with Gasteiger partial charge in [-0.25, -0.2) is 5.06 Å². The third-order valence-electron chi connectivity index (χ3n) is 5.98. The summed E-state index contributed by atoms with van der Waals surface area (Å²) in [5, 5.41) is 1.43. The molecular formula is C23H30N2O5. The lowest BCUT2D eigenvalue weighted by Gasteiger charge is -2.45. The Labute approximate surface area is 177 Å². The van der Waals surface area contributed by atoms with Gasteiger partial charge in [0.15, 0.2) is 0 Å². The van der Waals surface area contributed by atoms with Gasteiger partial charge >= 0.3 is 5.97 Å². The van der Waals surface area contributed by atoms with Gasteiger partial charge in [0.25, 0.3) is 0 Å². The molecule has 1 atom stereocenters. The molecule has 0 saturated carbocycles. The molecule has 3 rings (SSSR count). The van der Waals surface area contributed by atoms with E-state index in [-0.39, 0.29) is 24.9 Å². The van der Waals surface area contributed by atoms with Crippen LogP contribution in [0.15, 0.2) is 43.0 Å². The van der Waals surface area contributed by atoms with Crippen LogP contribution in [0.5, 0.6) is 5.75 Å². The fraction of sp³-hybridized carbons (Fsp3) is 0.478. The van der Waals surface area contributed by atoms with Gasteiger partial charge in [-0.15, -0.1) is 6.58 Å². The van der Waals surface area contributed by atoms with E-state index in [1.807, 2.05) is 24.3 Å². The van der Waals surface area contributed by atoms with Crippen molar-refractivity contribution in [3.63, 3.8) is 0 Å². The first-order valence-corrected chi connectivity index (χ1v) is 10.2. The van der Waals surface area contributed by atoms with Crippen molar-refractivity contribution >= 4 is 18.0 Å². The largest absolute Gasteiger partial charge is 0.497 e. The standard InChI is InChI=1S/C23H30N2O5/c1-4-16-30-25-21(26)17-20(22(27)29-3)23(25)11-14-24(15-12-23)13-5-6-18-7-9-19(28-2)10-8-18/h4-10,20H,1,11-17H2,2-3H3/b6-5+. The number of amides is 1. The average molecular weight is 415 g/mol. The van der Waals surface area contributed by atoms with E-state index in [1.54, 1.807) is 13.2 Å². The lowest BCUT2D eigenvalue weighted by molar-refractivity contribution is -0.217. The maximum Gasteiger partial charge on any atom is 0.311 e. The molecule has 0 bridgehead atoms. The van der Waals surface area contributed by atoms with E-state index in [2.05, 4.69) is 23.6 Å². The molecule has 2 heterocycles. The maximum absolute atomic E-state index is 12.6. The Kier molecular flexibility index (Phi) is 7.29. The van der Waals surface area contributed by atoms with Crippen molar-refractivity contribution in [1.82, 2.24) is 9.96 Å². The number of benzene rings is 1. The van der Waals surface area contributed by atoms with Gasteiger partial charge in [-0.05, 0) is 30.5 Å². The molecule has 1 unspecified atom stereocenters. The van der Waals surface area contributed by atoms with E-state index in [4.69, 9.17) is 14.3 Å². The van der Waals surface area contributed by atoms with Gasteiger partial charge in [0.2, 0.25) is 5.91 Å². The van der Waals surface area contributed by atoms with E-state index >= 15 is 0 Å². The minimum absolute atomic E-state index is 0.126. The Hall–Kier alpha value is -2.64. The Morgan fingerprint density at radius 1 is 1.23 bits per heavy atom. The molecule has 7 heteroatoms. The van der Waals surface area contributed by atoms with Crippen LogP contribution >= 0.6 is 0 Å². The van der Waals surface area contributed by atoms with E-state index < -0.39 is 11.5 Å². The fourth-order valence-corrected chi connectivity index (χ4v) is 4.34. The summed E-state index contributed by atoms with van der Waals surface area (Å²) >= 11 is 0. The lowest BCUT2D eigenvalue weighted by Crippen LogP contribution is -2.57. The molecule has 2 fully saturated rings. The second kappa shape index (κ2) is 9.91. The Balaban J connectivity index is 1.63. The number of hydrogen-bond donors (Lipinski definition) is 0. The number of rotatable bonds is 8. The summed E-state index contributed by atoms with van der Waals surface area (Å²) in [6, 6.07) is 7.90. The van der Waals surface area contributed by atoms with Crippen molar-refractivity contribution in [2.75, 3.05) is 40.5 Å². The number of hydrogen-bond acceptors (Lipinski definition) is 6. The van der Waals surface area contributed by atoms with Crippen LogP contribution in [-0.2, 0) is 19.2 Å². The van der Waals surface area contributed by atoms with Crippen molar-refractivity contribution < 1.29 is 23.9 Å². The highest BCUT2D eigenvalue weighted by Crippen LogP contribution is 2.44. The van der Waals surface area contributed by atoms with Crippen LogP contribution in [-0.4, -0.2) is 67.8 Å². The highest BCUT2D eigenvalue weighted by molar-refractivity contribution is 5.88. The smallest absolute Gasteiger partial charge is 0.311 e. The van der Waals surface area contributed by atoms with Gasteiger partial charge in [0.1, 0.15) is 5.75 Å². The van der Waals surface area contributed by atoms with Crippen LogP contribution in [0.4, 0.5) is 0 Å². The summed E-state index contributed by atoms with van der Waals surface area (Å²) < 4.78 is 10.2. The van der Waals surface area contributed by atoms with Crippen molar-refractivity contribution in [3.05, 3.63) is 48.6 Å². The highest BCUT2D eigenvalue weighted by atomic mass is 16.7. The predicted octanol–water partition coefficient (Wildman–Crippen LogP) is 2.68. The molecule has 0 aromatic heterocycles. The lowest BCUT2D eigenvalue weighted by atomic mass is 9.77. The molecule has 2 aliphatic heterocycles. The summed E-state index contributed by atoms with van der Waals surface area (Å²) in [4.78, 5) is 33.0. The molecule has 0 aliphatic carbocycles. The predicted molar refractivity (Wildman–Crippen MR) is 114 cm³/mol. The first kappa shape index (κ1) is 22.1. The van der Waals surface area contributed by atoms with Crippen molar-refractivity contribution in [2.24, 2.45) is 5.92 Å². The van der Waals surface area contributed by atoms with Crippen molar-refractivity contribution in [3.8, 4) is 5.75 Å². The Bertz CT molecular complexity index is 781. The van der Waals surface area contributed by atoms with Crippen LogP contribution in [0.3, 0.4) is 0 Å². The quantitative estimate of drug-likeness (QED) is 0.481. The van der Waals surface area contributed by atoms with Gasteiger partial charge in [-0.2, -0.15) is 0 Å². The number of esters is 1. The number of likely N-dealkylation sites (tertiary alicyclic amines) is 1. The first-order valence-electron chi connectivity index (χ1n) is 10.2. The van der Waals surface area contributed by atoms with Crippen LogP contribution in [0.2, 0.25) is 0 Å². The normalized spacial score (nSPS) is 21.3. The number of hydroxylamine groups is 2. The number of piperidine rings is 1. The molecule has 0 N–H and O–H groups in total. The molecule has 1 amide bonds. The Morgan fingerprint density at radius 2 is 1.93 bits per heavy atom. The van der Waals surface area contributed by atoms with E-state index in [1.165, 1.54) is 12.2 Å². The van der Waals surface area contributed by atoms with Gasteiger partial charge in [0.05, 0.1) is 32.3 Å². The first-order chi connectivity index (χ1) is 14.5. The van der Waals surface area contributed by atoms with Crippen LogP contribution in [0, 0.1) is 5.92 Å². The van der Waals surface area contributed by atoms with Gasteiger partial charge < -0.3 is 9.47 Å². The third kappa shape index (κ3) is 4.57. The van der Waals surface area contributed by atoms with Crippen molar-refractivity contribution in [2.45, 2.75) is 24.8 Å². The summed E-state index contributed by atoms with van der Waals surface area (Å²) in [5.74, 6) is -0.180. The zero-order chi connectivity index (χ0) is 21.6. The third-order valence-corrected chi connectivity index (χ3v) is 5.98. The minimum atomic E-state index is -0.649. The summed E-state index contributed by atoms with van der Waals surface area (Å²) in [6.07, 6.45) is 7.26. The zero-order valence-electron chi connectivity index (χ0n) is 17.7. The average Bonchev–Trinajstić information content (AvgIpc) is 3.04. The number of ether oxygens (including phenoxy) is 2. The minimum Gasteiger partial charge on any atom is -0.497 e. The second-order valence-corrected chi connectivity index (χ2v) is 7.63. The summed E-state index contributed by atoms with van der Waals surface area (Å²) in [6.45, 7) is 6.21. The number of carbonyl (C=O) groups excluding carboxylic acids is 2. The van der Waals surface area contributed by atoms with E-state index in [0.29, 0.717) is 12.8 Å². The zero-order valence-corrected chi connectivity index (χ0v) is 17.7. The molecule has 0 radical (unpaired) electrons. The molecule has 2 aliphatic rings. The summed E-state index contributed by atoms with van der Waals surface area (Å²) in [5.41, 5.74) is 0.462. The molecule has 1 aromatic rings. The second-order valence-electron chi connectivity index (χ2n) is 7.63. The molecule has 2 saturated heterocycles. The maximum atomic E-state index is 12.6. The molecular weight excluding hydrogens is 384 g/mol. The SMILES string of the molecule is C=CCON1C(=O)CC(C(=O)OC)C12CCN(C/C=C/c1ccc(OC)cc1)CC2. The highest BCUT2D eigenvalue weighted by Gasteiger charge is 2.58. The van der Waals surface area contributed by atoms with E-state index in [9.17, 15) is 9.59 Å². The van der Waals surface area contributed by atoms with E-state index in [0.717, 1.165) is 30.9 Å². The van der Waals surface area contributed by atoms with Gasteiger partial charge in [-0.3, -0.25) is 19.3 Å². The monoisotopic (exact) mass is 414 g/mol. The Morgan fingerprint density at radius 3 is 2.53 bits per heavy atom. The van der Waals surface area contributed by atoms with Gasteiger partial charge in [-0.1, -0.05) is 30.4 Å². The van der Waals surface area contributed by atoms with Crippen LogP contribution in [0.25, 0.3) is 6.08 Å². The number of carbonyl (C=O) groups is 2. The molecule has 7 nitrogen and oxygen atoms in total.